The summed E-state index contributed by atoms with van der Waals surface area (Å²) in [6.07, 6.45) is 2.21. The molecule has 26 heavy (non-hydrogen) atoms. The highest BCUT2D eigenvalue weighted by atomic mass is 16.4. The number of likely N-dealkylation sites (tertiary alicyclic amines) is 1. The number of hydrogen-bond acceptors (Lipinski definition) is 5. The van der Waals surface area contributed by atoms with E-state index in [1.165, 1.54) is 5.56 Å². The van der Waals surface area contributed by atoms with E-state index in [0.717, 1.165) is 60.6 Å². The molecular formula is C20H24N4O2. The van der Waals surface area contributed by atoms with Gasteiger partial charge in [0.2, 0.25) is 0 Å². The number of nitrogens with one attached hydrogen (secondary N) is 1. The third kappa shape index (κ3) is 3.29. The first-order chi connectivity index (χ1) is 12.5. The smallest absolute Gasteiger partial charge is 0.336 e. The van der Waals surface area contributed by atoms with E-state index in [1.54, 1.807) is 6.07 Å². The molecule has 4 rings (SSSR count). The summed E-state index contributed by atoms with van der Waals surface area (Å²) in [5, 5.41) is 8.32. The van der Waals surface area contributed by atoms with Crippen molar-refractivity contribution in [2.45, 2.75) is 46.1 Å². The molecule has 0 saturated carbocycles. The summed E-state index contributed by atoms with van der Waals surface area (Å²) in [7, 11) is 0. The maximum atomic E-state index is 12.1. The van der Waals surface area contributed by atoms with Crippen LogP contribution in [0.3, 0.4) is 0 Å². The molecule has 6 nitrogen and oxygen atoms in total. The Morgan fingerprint density at radius 2 is 2.12 bits per heavy atom. The zero-order valence-electron chi connectivity index (χ0n) is 15.5. The number of aromatic nitrogens is 3. The minimum atomic E-state index is -0.280. The Morgan fingerprint density at radius 3 is 2.88 bits per heavy atom. The lowest BCUT2D eigenvalue weighted by Gasteiger charge is -2.31. The number of fused-ring (bicyclic) bond motifs is 1. The highest BCUT2D eigenvalue weighted by Crippen LogP contribution is 2.28. The van der Waals surface area contributed by atoms with Crippen LogP contribution >= 0.6 is 0 Å². The van der Waals surface area contributed by atoms with Gasteiger partial charge in [0, 0.05) is 30.5 Å². The van der Waals surface area contributed by atoms with Crippen LogP contribution in [0.4, 0.5) is 0 Å². The summed E-state index contributed by atoms with van der Waals surface area (Å²) in [5.74, 6) is 2.09. The predicted molar refractivity (Wildman–Crippen MR) is 100 cm³/mol. The fourth-order valence-corrected chi connectivity index (χ4v) is 4.00. The third-order valence-corrected chi connectivity index (χ3v) is 5.14. The van der Waals surface area contributed by atoms with E-state index in [1.807, 2.05) is 13.8 Å². The minimum absolute atomic E-state index is 0.280. The lowest BCUT2D eigenvalue weighted by atomic mass is 9.96. The topological polar surface area (TPSA) is 75.0 Å². The second kappa shape index (κ2) is 6.68. The molecule has 0 bridgehead atoms. The second-order valence-electron chi connectivity index (χ2n) is 7.40. The van der Waals surface area contributed by atoms with Crippen molar-refractivity contribution in [1.29, 1.82) is 0 Å². The molecule has 0 amide bonds. The molecule has 1 aromatic carbocycles. The summed E-state index contributed by atoms with van der Waals surface area (Å²) in [5.41, 5.74) is 3.65. The Balaban J connectivity index is 1.63. The molecule has 136 valence electrons. The number of hydrogen-bond donors (Lipinski definition) is 1. The molecule has 0 spiro atoms. The van der Waals surface area contributed by atoms with Crippen LogP contribution in [0.25, 0.3) is 11.0 Å². The molecule has 1 unspecified atom stereocenters. The van der Waals surface area contributed by atoms with Crippen LogP contribution in [0.15, 0.2) is 27.4 Å². The number of piperidine rings is 1. The van der Waals surface area contributed by atoms with E-state index in [-0.39, 0.29) is 5.63 Å². The first kappa shape index (κ1) is 17.0. The summed E-state index contributed by atoms with van der Waals surface area (Å²) >= 11 is 0. The van der Waals surface area contributed by atoms with Crippen LogP contribution in [0.5, 0.6) is 0 Å². The Labute approximate surface area is 152 Å². The average Bonchev–Trinajstić information content (AvgIpc) is 3.03. The van der Waals surface area contributed by atoms with Crippen molar-refractivity contribution in [3.63, 3.8) is 0 Å². The van der Waals surface area contributed by atoms with E-state index in [2.05, 4.69) is 39.1 Å². The maximum absolute atomic E-state index is 12.1. The zero-order valence-corrected chi connectivity index (χ0v) is 15.5. The highest BCUT2D eigenvalue weighted by molar-refractivity contribution is 5.83. The maximum Gasteiger partial charge on any atom is 0.336 e. The Morgan fingerprint density at radius 1 is 1.27 bits per heavy atom. The van der Waals surface area contributed by atoms with Crippen LogP contribution < -0.4 is 5.63 Å². The molecule has 2 aromatic heterocycles. The molecule has 1 N–H and O–H groups in total. The van der Waals surface area contributed by atoms with Gasteiger partial charge in [0.1, 0.15) is 11.4 Å². The minimum Gasteiger partial charge on any atom is -0.422 e. The van der Waals surface area contributed by atoms with Crippen molar-refractivity contribution in [3.8, 4) is 0 Å². The molecule has 1 aliphatic heterocycles. The standard InChI is InChI=1S/C20H24N4O2/c1-12-7-13(2)19-17(8-12)16(9-18(25)26-19)11-24-6-4-5-15(10-24)20-21-14(3)22-23-20/h7-9,15H,4-6,10-11H2,1-3H3,(H,21,22,23). The SMILES string of the molecule is Cc1cc(C)c2oc(=O)cc(CN3CCCC(c4n[nH]c(C)n4)C3)c2c1. The molecule has 6 heteroatoms. The number of aromatic amines is 1. The largest absolute Gasteiger partial charge is 0.422 e. The molecule has 3 aromatic rings. The van der Waals surface area contributed by atoms with Crippen molar-refractivity contribution < 1.29 is 4.42 Å². The van der Waals surface area contributed by atoms with Crippen molar-refractivity contribution in [3.05, 3.63) is 57.0 Å². The normalized spacial score (nSPS) is 18.5. The molecule has 1 fully saturated rings. The van der Waals surface area contributed by atoms with Gasteiger partial charge < -0.3 is 4.42 Å². The lowest BCUT2D eigenvalue weighted by molar-refractivity contribution is 0.197. The summed E-state index contributed by atoms with van der Waals surface area (Å²) < 4.78 is 5.47. The average molecular weight is 352 g/mol. The van der Waals surface area contributed by atoms with Crippen molar-refractivity contribution in [2.75, 3.05) is 13.1 Å². The fourth-order valence-electron chi connectivity index (χ4n) is 4.00. The van der Waals surface area contributed by atoms with E-state index >= 15 is 0 Å². The highest BCUT2D eigenvalue weighted by Gasteiger charge is 2.25. The Bertz CT molecular complexity index is 1000. The molecular weight excluding hydrogens is 328 g/mol. The van der Waals surface area contributed by atoms with Crippen molar-refractivity contribution >= 4 is 11.0 Å². The number of H-pyrrole nitrogens is 1. The summed E-state index contributed by atoms with van der Waals surface area (Å²) in [6.45, 7) is 8.66. The quantitative estimate of drug-likeness (QED) is 0.733. The number of aryl methyl sites for hydroxylation is 3. The van der Waals surface area contributed by atoms with Crippen LogP contribution in [-0.2, 0) is 6.54 Å². The van der Waals surface area contributed by atoms with Crippen molar-refractivity contribution in [2.24, 2.45) is 0 Å². The monoisotopic (exact) mass is 352 g/mol. The van der Waals surface area contributed by atoms with Gasteiger partial charge in [0.15, 0.2) is 5.82 Å². The van der Waals surface area contributed by atoms with Crippen LogP contribution in [0.2, 0.25) is 0 Å². The summed E-state index contributed by atoms with van der Waals surface area (Å²) in [4.78, 5) is 19.0. The fraction of sp³-hybridized carbons (Fsp3) is 0.450. The Kier molecular flexibility index (Phi) is 4.36. The van der Waals surface area contributed by atoms with Gasteiger partial charge in [-0.25, -0.2) is 9.78 Å². The van der Waals surface area contributed by atoms with Gasteiger partial charge in [0.25, 0.3) is 0 Å². The molecule has 1 atom stereocenters. The number of nitrogens with zero attached hydrogens (tertiary/aromatic N) is 3. The van der Waals surface area contributed by atoms with Crippen LogP contribution in [0, 0.1) is 20.8 Å². The van der Waals surface area contributed by atoms with Gasteiger partial charge in [-0.1, -0.05) is 6.07 Å². The van der Waals surface area contributed by atoms with Crippen molar-refractivity contribution in [1.82, 2.24) is 20.1 Å². The number of benzene rings is 1. The van der Waals surface area contributed by atoms with E-state index in [4.69, 9.17) is 4.42 Å². The molecule has 0 radical (unpaired) electrons. The first-order valence-corrected chi connectivity index (χ1v) is 9.15. The van der Waals surface area contributed by atoms with Gasteiger partial charge in [-0.3, -0.25) is 10.00 Å². The van der Waals surface area contributed by atoms with Gasteiger partial charge in [-0.2, -0.15) is 5.10 Å². The molecule has 0 aliphatic carbocycles. The Hall–Kier alpha value is -2.47. The predicted octanol–water partition coefficient (Wildman–Crippen LogP) is 3.22. The van der Waals surface area contributed by atoms with Crippen LogP contribution in [0.1, 0.15) is 47.1 Å². The zero-order chi connectivity index (χ0) is 18.3. The van der Waals surface area contributed by atoms with E-state index in [0.29, 0.717) is 11.5 Å². The molecule has 3 heterocycles. The van der Waals surface area contributed by atoms with E-state index in [9.17, 15) is 4.79 Å². The van der Waals surface area contributed by atoms with Crippen LogP contribution in [-0.4, -0.2) is 33.2 Å². The summed E-state index contributed by atoms with van der Waals surface area (Å²) in [6, 6.07) is 5.81. The van der Waals surface area contributed by atoms with Gasteiger partial charge in [0.05, 0.1) is 0 Å². The van der Waals surface area contributed by atoms with Gasteiger partial charge >= 0.3 is 5.63 Å². The second-order valence-corrected chi connectivity index (χ2v) is 7.40. The molecule has 1 saturated heterocycles. The lowest BCUT2D eigenvalue weighted by Crippen LogP contribution is -2.34. The van der Waals surface area contributed by atoms with Gasteiger partial charge in [-0.05, 0) is 62.9 Å². The third-order valence-electron chi connectivity index (χ3n) is 5.14. The molecule has 1 aliphatic rings. The number of rotatable bonds is 3. The first-order valence-electron chi connectivity index (χ1n) is 9.15. The van der Waals surface area contributed by atoms with E-state index < -0.39 is 0 Å². The van der Waals surface area contributed by atoms with Gasteiger partial charge in [-0.15, -0.1) is 0 Å².